The number of hydrogen-bond acceptors (Lipinski definition) is 5. The third kappa shape index (κ3) is 6.41. The number of piperidine rings is 1. The molecule has 2 saturated heterocycles. The van der Waals surface area contributed by atoms with Crippen molar-refractivity contribution in [1.82, 2.24) is 20.4 Å². The summed E-state index contributed by atoms with van der Waals surface area (Å²) in [7, 11) is 0. The van der Waals surface area contributed by atoms with Crippen molar-refractivity contribution < 1.29 is 13.9 Å². The van der Waals surface area contributed by atoms with Gasteiger partial charge in [0.25, 0.3) is 0 Å². The summed E-state index contributed by atoms with van der Waals surface area (Å²) in [6.45, 7) is 8.09. The fraction of sp³-hybridized carbons (Fsp3) is 0.650. The van der Waals surface area contributed by atoms with E-state index in [0.717, 1.165) is 70.9 Å². The van der Waals surface area contributed by atoms with E-state index < -0.39 is 0 Å². The summed E-state index contributed by atoms with van der Waals surface area (Å²) in [5, 5.41) is 5.79. The Hall–Kier alpha value is -1.74. The second kappa shape index (κ2) is 10.7. The molecule has 156 valence electrons. The zero-order valence-electron chi connectivity index (χ0n) is 16.5. The molecule has 1 aromatic carbocycles. The summed E-state index contributed by atoms with van der Waals surface area (Å²) < 4.78 is 19.4. The Morgan fingerprint density at radius 1 is 1.21 bits per heavy atom. The van der Waals surface area contributed by atoms with E-state index in [9.17, 15) is 9.18 Å². The SMILES string of the molecule is NCc1ccc(CNC(=O)NC2CCCN(CCN3CCOCC3)C2)c(F)c1. The summed E-state index contributed by atoms with van der Waals surface area (Å²) in [6, 6.07) is 4.75. The molecule has 0 bridgehead atoms. The van der Waals surface area contributed by atoms with Crippen molar-refractivity contribution >= 4 is 6.03 Å². The van der Waals surface area contributed by atoms with Crippen LogP contribution in [0.2, 0.25) is 0 Å². The molecule has 0 saturated carbocycles. The molecule has 0 aliphatic carbocycles. The first-order valence-corrected chi connectivity index (χ1v) is 10.2. The standard InChI is InChI=1S/C20H32FN5O2/c21-19-12-16(13-22)3-4-17(19)14-23-20(27)24-18-2-1-5-26(15-18)7-6-25-8-10-28-11-9-25/h3-4,12,18H,1-2,5-11,13-15,22H2,(H2,23,24,27). The van der Waals surface area contributed by atoms with Crippen LogP contribution in [0.3, 0.4) is 0 Å². The fourth-order valence-electron chi connectivity index (χ4n) is 3.76. The number of nitrogens with one attached hydrogen (secondary N) is 2. The van der Waals surface area contributed by atoms with Crippen molar-refractivity contribution in [2.75, 3.05) is 52.5 Å². The average molecular weight is 394 g/mol. The van der Waals surface area contributed by atoms with E-state index in [1.54, 1.807) is 12.1 Å². The molecule has 3 rings (SSSR count). The Balaban J connectivity index is 1.38. The van der Waals surface area contributed by atoms with Crippen LogP contribution in [0, 0.1) is 5.82 Å². The quantitative estimate of drug-likeness (QED) is 0.641. The maximum absolute atomic E-state index is 14.0. The molecule has 1 atom stereocenters. The maximum atomic E-state index is 14.0. The molecule has 2 aliphatic heterocycles. The number of amides is 2. The third-order valence-corrected chi connectivity index (χ3v) is 5.47. The van der Waals surface area contributed by atoms with Crippen molar-refractivity contribution in [3.63, 3.8) is 0 Å². The van der Waals surface area contributed by atoms with E-state index in [4.69, 9.17) is 10.5 Å². The molecular weight excluding hydrogens is 361 g/mol. The predicted octanol–water partition coefficient (Wildman–Crippen LogP) is 0.880. The van der Waals surface area contributed by atoms with Crippen molar-refractivity contribution in [3.8, 4) is 0 Å². The number of halogens is 1. The summed E-state index contributed by atoms with van der Waals surface area (Å²) in [5.41, 5.74) is 6.71. The first kappa shape index (κ1) is 21.0. The van der Waals surface area contributed by atoms with Gasteiger partial charge in [-0.3, -0.25) is 4.90 Å². The number of carbonyl (C=O) groups excluding carboxylic acids is 1. The Labute approximate surface area is 166 Å². The highest BCUT2D eigenvalue weighted by molar-refractivity contribution is 5.74. The predicted molar refractivity (Wildman–Crippen MR) is 106 cm³/mol. The van der Waals surface area contributed by atoms with Crippen LogP contribution in [0.4, 0.5) is 9.18 Å². The number of hydrogen-bond donors (Lipinski definition) is 3. The lowest BCUT2D eigenvalue weighted by molar-refractivity contribution is 0.0317. The zero-order valence-corrected chi connectivity index (χ0v) is 16.5. The van der Waals surface area contributed by atoms with E-state index in [-0.39, 0.29) is 24.4 Å². The van der Waals surface area contributed by atoms with Crippen LogP contribution in [0.1, 0.15) is 24.0 Å². The van der Waals surface area contributed by atoms with Crippen molar-refractivity contribution in [1.29, 1.82) is 0 Å². The van der Waals surface area contributed by atoms with Crippen molar-refractivity contribution in [2.24, 2.45) is 5.73 Å². The normalized spacial score (nSPS) is 21.4. The molecule has 2 fully saturated rings. The van der Waals surface area contributed by atoms with E-state index >= 15 is 0 Å². The van der Waals surface area contributed by atoms with Gasteiger partial charge < -0.3 is 26.0 Å². The minimum atomic E-state index is -0.338. The van der Waals surface area contributed by atoms with Crippen molar-refractivity contribution in [2.45, 2.75) is 32.0 Å². The van der Waals surface area contributed by atoms with Gasteiger partial charge in [-0.2, -0.15) is 0 Å². The molecular formula is C20H32FN5O2. The minimum absolute atomic E-state index is 0.128. The van der Waals surface area contributed by atoms with Gasteiger partial charge in [-0.05, 0) is 31.0 Å². The lowest BCUT2D eigenvalue weighted by atomic mass is 10.1. The van der Waals surface area contributed by atoms with Gasteiger partial charge in [0.2, 0.25) is 0 Å². The summed E-state index contributed by atoms with van der Waals surface area (Å²) in [5.74, 6) is -0.338. The smallest absolute Gasteiger partial charge is 0.315 e. The molecule has 1 unspecified atom stereocenters. The lowest BCUT2D eigenvalue weighted by Gasteiger charge is -2.35. The molecule has 0 aromatic heterocycles. The Kier molecular flexibility index (Phi) is 8.02. The maximum Gasteiger partial charge on any atom is 0.315 e. The van der Waals surface area contributed by atoms with Crippen LogP contribution in [-0.2, 0) is 17.8 Å². The van der Waals surface area contributed by atoms with Crippen LogP contribution in [0.5, 0.6) is 0 Å². The van der Waals surface area contributed by atoms with E-state index in [1.807, 2.05) is 0 Å². The highest BCUT2D eigenvalue weighted by atomic mass is 19.1. The molecule has 1 aromatic rings. The van der Waals surface area contributed by atoms with Crippen LogP contribution in [0.15, 0.2) is 18.2 Å². The number of carbonyl (C=O) groups is 1. The van der Waals surface area contributed by atoms with Gasteiger partial charge in [-0.15, -0.1) is 0 Å². The highest BCUT2D eigenvalue weighted by Crippen LogP contribution is 2.12. The topological polar surface area (TPSA) is 82.9 Å². The van der Waals surface area contributed by atoms with Crippen LogP contribution >= 0.6 is 0 Å². The molecule has 8 heteroatoms. The molecule has 7 nitrogen and oxygen atoms in total. The summed E-state index contributed by atoms with van der Waals surface area (Å²) >= 11 is 0. The van der Waals surface area contributed by atoms with Gasteiger partial charge in [0.05, 0.1) is 13.2 Å². The summed E-state index contributed by atoms with van der Waals surface area (Å²) in [4.78, 5) is 17.1. The molecule has 2 heterocycles. The number of nitrogens with zero attached hydrogens (tertiary/aromatic N) is 2. The molecule has 28 heavy (non-hydrogen) atoms. The van der Waals surface area contributed by atoms with E-state index in [1.165, 1.54) is 6.07 Å². The first-order valence-electron chi connectivity index (χ1n) is 10.2. The zero-order chi connectivity index (χ0) is 19.8. The van der Waals surface area contributed by atoms with Crippen LogP contribution in [-0.4, -0.2) is 74.4 Å². The highest BCUT2D eigenvalue weighted by Gasteiger charge is 2.22. The fourth-order valence-corrected chi connectivity index (χ4v) is 3.76. The second-order valence-corrected chi connectivity index (χ2v) is 7.55. The molecule has 2 amide bonds. The van der Waals surface area contributed by atoms with Gasteiger partial charge >= 0.3 is 6.03 Å². The van der Waals surface area contributed by atoms with Gasteiger partial charge in [0, 0.05) is 57.4 Å². The largest absolute Gasteiger partial charge is 0.379 e. The number of benzene rings is 1. The lowest BCUT2D eigenvalue weighted by Crippen LogP contribution is -2.52. The van der Waals surface area contributed by atoms with Crippen LogP contribution in [0.25, 0.3) is 0 Å². The van der Waals surface area contributed by atoms with Crippen molar-refractivity contribution in [3.05, 3.63) is 35.1 Å². The molecule has 2 aliphatic rings. The first-order chi connectivity index (χ1) is 13.6. The van der Waals surface area contributed by atoms with Gasteiger partial charge in [0.1, 0.15) is 5.82 Å². The average Bonchev–Trinajstić information content (AvgIpc) is 2.72. The Bertz CT molecular complexity index is 639. The minimum Gasteiger partial charge on any atom is -0.379 e. The monoisotopic (exact) mass is 393 g/mol. The number of nitrogens with two attached hydrogens (primary N) is 1. The number of rotatable bonds is 7. The number of urea groups is 1. The van der Waals surface area contributed by atoms with Gasteiger partial charge in [0.15, 0.2) is 0 Å². The number of ether oxygens (including phenoxy) is 1. The molecule has 0 radical (unpaired) electrons. The summed E-state index contributed by atoms with van der Waals surface area (Å²) in [6.07, 6.45) is 2.05. The van der Waals surface area contributed by atoms with Gasteiger partial charge in [-0.1, -0.05) is 12.1 Å². The van der Waals surface area contributed by atoms with E-state index in [2.05, 4.69) is 20.4 Å². The van der Waals surface area contributed by atoms with E-state index in [0.29, 0.717) is 12.1 Å². The molecule has 4 N–H and O–H groups in total. The second-order valence-electron chi connectivity index (χ2n) is 7.55. The number of likely N-dealkylation sites (tertiary alicyclic amines) is 1. The molecule has 0 spiro atoms. The Morgan fingerprint density at radius 2 is 2.00 bits per heavy atom. The van der Waals surface area contributed by atoms with Crippen LogP contribution < -0.4 is 16.4 Å². The van der Waals surface area contributed by atoms with Gasteiger partial charge in [-0.25, -0.2) is 9.18 Å². The number of morpholine rings is 1. The Morgan fingerprint density at radius 3 is 2.75 bits per heavy atom. The third-order valence-electron chi connectivity index (χ3n) is 5.47.